The van der Waals surface area contributed by atoms with E-state index in [2.05, 4.69) is 10.6 Å². The SMILES string of the molecule is COCCCOC(=O)N(CC(=O)NCCNC(=O)CCN1C(=O)C=CC1=O)C(=O)OCCCOC. The van der Waals surface area contributed by atoms with Crippen LogP contribution in [0.15, 0.2) is 12.2 Å². The van der Waals surface area contributed by atoms with Crippen LogP contribution in [0.4, 0.5) is 9.59 Å². The van der Waals surface area contributed by atoms with Crippen molar-refractivity contribution in [2.45, 2.75) is 19.3 Å². The number of methoxy groups -OCH3 is 2. The lowest BCUT2D eigenvalue weighted by molar-refractivity contribution is -0.137. The zero-order valence-corrected chi connectivity index (χ0v) is 19.9. The van der Waals surface area contributed by atoms with Gasteiger partial charge in [0.05, 0.1) is 13.2 Å². The number of imide groups is 2. The van der Waals surface area contributed by atoms with Gasteiger partial charge < -0.3 is 29.6 Å². The van der Waals surface area contributed by atoms with E-state index in [1.165, 1.54) is 14.2 Å². The summed E-state index contributed by atoms with van der Waals surface area (Å²) in [5, 5.41) is 4.99. The van der Waals surface area contributed by atoms with Crippen molar-refractivity contribution in [3.63, 3.8) is 0 Å². The van der Waals surface area contributed by atoms with E-state index in [4.69, 9.17) is 18.9 Å². The molecule has 6 amide bonds. The van der Waals surface area contributed by atoms with Crippen molar-refractivity contribution >= 4 is 35.8 Å². The molecule has 0 aromatic rings. The maximum atomic E-state index is 12.3. The quantitative estimate of drug-likeness (QED) is 0.202. The standard InChI is InChI=1S/C21H32N4O10/c1-32-11-3-13-34-20(30)25(21(31)35-14-4-12-33-2)15-17(27)23-9-8-22-16(26)7-10-24-18(28)5-6-19(24)29/h5-6H,3-4,7-15H2,1-2H3,(H,22,26)(H,23,27). The van der Waals surface area contributed by atoms with Gasteiger partial charge in [-0.2, -0.15) is 0 Å². The zero-order chi connectivity index (χ0) is 26.1. The van der Waals surface area contributed by atoms with Crippen molar-refractivity contribution in [2.75, 3.05) is 66.8 Å². The Balaban J connectivity index is 2.40. The molecule has 196 valence electrons. The number of ether oxygens (including phenoxy) is 4. The van der Waals surface area contributed by atoms with Crippen molar-refractivity contribution < 1.29 is 47.7 Å². The fourth-order valence-electron chi connectivity index (χ4n) is 2.64. The molecule has 0 aliphatic carbocycles. The van der Waals surface area contributed by atoms with Crippen molar-refractivity contribution in [2.24, 2.45) is 0 Å². The molecule has 0 aromatic heterocycles. The van der Waals surface area contributed by atoms with Crippen molar-refractivity contribution in [3.05, 3.63) is 12.2 Å². The first kappa shape index (κ1) is 29.5. The van der Waals surface area contributed by atoms with Gasteiger partial charge >= 0.3 is 12.2 Å². The molecule has 0 unspecified atom stereocenters. The third-order valence-corrected chi connectivity index (χ3v) is 4.41. The molecule has 0 radical (unpaired) electrons. The van der Waals surface area contributed by atoms with Gasteiger partial charge in [0.2, 0.25) is 11.8 Å². The smallest absolute Gasteiger partial charge is 0.419 e. The molecule has 1 aliphatic heterocycles. The summed E-state index contributed by atoms with van der Waals surface area (Å²) in [6.45, 7) is 0.0199. The molecule has 0 atom stereocenters. The predicted octanol–water partition coefficient (Wildman–Crippen LogP) is -0.818. The molecule has 0 saturated heterocycles. The second kappa shape index (κ2) is 17.0. The van der Waals surface area contributed by atoms with Crippen LogP contribution in [0.25, 0.3) is 0 Å². The van der Waals surface area contributed by atoms with Gasteiger partial charge in [0.1, 0.15) is 6.54 Å². The van der Waals surface area contributed by atoms with E-state index < -0.39 is 42.4 Å². The Hall–Kier alpha value is -3.52. The Bertz CT molecular complexity index is 744. The minimum Gasteiger partial charge on any atom is -0.449 e. The van der Waals surface area contributed by atoms with Crippen molar-refractivity contribution in [3.8, 4) is 0 Å². The summed E-state index contributed by atoms with van der Waals surface area (Å²) >= 11 is 0. The molecule has 0 fully saturated rings. The van der Waals surface area contributed by atoms with Gasteiger partial charge in [-0.15, -0.1) is 0 Å². The van der Waals surface area contributed by atoms with Crippen LogP contribution in [0.1, 0.15) is 19.3 Å². The molecule has 0 spiro atoms. The number of rotatable bonds is 16. The largest absolute Gasteiger partial charge is 0.449 e. The highest BCUT2D eigenvalue weighted by atomic mass is 16.6. The lowest BCUT2D eigenvalue weighted by Crippen LogP contribution is -2.46. The highest BCUT2D eigenvalue weighted by Crippen LogP contribution is 2.04. The normalized spacial score (nSPS) is 12.5. The molecule has 35 heavy (non-hydrogen) atoms. The maximum Gasteiger partial charge on any atom is 0.419 e. The maximum absolute atomic E-state index is 12.3. The lowest BCUT2D eigenvalue weighted by Gasteiger charge is -2.19. The van der Waals surface area contributed by atoms with Crippen molar-refractivity contribution in [1.29, 1.82) is 0 Å². The summed E-state index contributed by atoms with van der Waals surface area (Å²) in [5.41, 5.74) is 0. The number of hydrogen-bond donors (Lipinski definition) is 2. The predicted molar refractivity (Wildman–Crippen MR) is 119 cm³/mol. The van der Waals surface area contributed by atoms with E-state index in [-0.39, 0.29) is 39.3 Å². The Kier molecular flexibility index (Phi) is 14.3. The van der Waals surface area contributed by atoms with Crippen molar-refractivity contribution in [1.82, 2.24) is 20.4 Å². The van der Waals surface area contributed by atoms with E-state index in [1.807, 2.05) is 0 Å². The Labute approximate surface area is 202 Å². The molecule has 14 nitrogen and oxygen atoms in total. The minimum absolute atomic E-state index is 0.00726. The van der Waals surface area contributed by atoms with Gasteiger partial charge in [-0.25, -0.2) is 14.5 Å². The third-order valence-electron chi connectivity index (χ3n) is 4.41. The number of amides is 6. The fraction of sp³-hybridized carbons (Fsp3) is 0.619. The van der Waals surface area contributed by atoms with Crippen LogP contribution in [0, 0.1) is 0 Å². The Morgan fingerprint density at radius 1 is 0.800 bits per heavy atom. The topological polar surface area (TPSA) is 170 Å². The van der Waals surface area contributed by atoms with Crippen LogP contribution in [0.2, 0.25) is 0 Å². The monoisotopic (exact) mass is 500 g/mol. The Morgan fingerprint density at radius 3 is 1.77 bits per heavy atom. The second-order valence-electron chi connectivity index (χ2n) is 7.12. The van der Waals surface area contributed by atoms with E-state index in [9.17, 15) is 28.8 Å². The van der Waals surface area contributed by atoms with Gasteiger partial charge in [-0.3, -0.25) is 24.1 Å². The highest BCUT2D eigenvalue weighted by molar-refractivity contribution is 6.13. The molecular formula is C21H32N4O10. The second-order valence-corrected chi connectivity index (χ2v) is 7.12. The molecule has 0 bridgehead atoms. The molecule has 2 N–H and O–H groups in total. The molecular weight excluding hydrogens is 468 g/mol. The number of hydrogen-bond acceptors (Lipinski definition) is 10. The Morgan fingerprint density at radius 2 is 1.29 bits per heavy atom. The molecule has 0 aromatic carbocycles. The molecule has 1 rings (SSSR count). The summed E-state index contributed by atoms with van der Waals surface area (Å²) in [7, 11) is 2.98. The summed E-state index contributed by atoms with van der Waals surface area (Å²) in [4.78, 5) is 73.0. The zero-order valence-electron chi connectivity index (χ0n) is 19.9. The van der Waals surface area contributed by atoms with Gasteiger partial charge in [0.25, 0.3) is 11.8 Å². The number of nitrogens with zero attached hydrogens (tertiary/aromatic N) is 2. The first-order chi connectivity index (χ1) is 16.8. The van der Waals surface area contributed by atoms with Gasteiger partial charge in [-0.1, -0.05) is 0 Å². The van der Waals surface area contributed by atoms with Crippen LogP contribution in [-0.2, 0) is 38.1 Å². The van der Waals surface area contributed by atoms with Crippen LogP contribution in [0.3, 0.4) is 0 Å². The average Bonchev–Trinajstić information content (AvgIpc) is 3.16. The van der Waals surface area contributed by atoms with Crippen LogP contribution >= 0.6 is 0 Å². The summed E-state index contributed by atoms with van der Waals surface area (Å²) in [5.74, 6) is -2.06. The molecule has 1 heterocycles. The van der Waals surface area contributed by atoms with Crippen LogP contribution < -0.4 is 10.6 Å². The number of carbonyl (C=O) groups excluding carboxylic acids is 6. The first-order valence-electron chi connectivity index (χ1n) is 11.0. The van der Waals surface area contributed by atoms with E-state index in [1.54, 1.807) is 0 Å². The number of carbonyl (C=O) groups is 6. The lowest BCUT2D eigenvalue weighted by atomic mass is 10.3. The molecule has 0 saturated carbocycles. The summed E-state index contributed by atoms with van der Waals surface area (Å²) in [6, 6.07) is 0. The van der Waals surface area contributed by atoms with Gasteiger partial charge in [0, 0.05) is 78.5 Å². The van der Waals surface area contributed by atoms with E-state index >= 15 is 0 Å². The molecule has 14 heteroatoms. The first-order valence-corrected chi connectivity index (χ1v) is 11.0. The third kappa shape index (κ3) is 12.0. The van der Waals surface area contributed by atoms with Crippen LogP contribution in [-0.4, -0.2) is 112 Å². The minimum atomic E-state index is -1.04. The average molecular weight is 501 g/mol. The van der Waals surface area contributed by atoms with E-state index in [0.29, 0.717) is 31.0 Å². The highest BCUT2D eigenvalue weighted by Gasteiger charge is 2.27. The van der Waals surface area contributed by atoms with Gasteiger partial charge in [-0.05, 0) is 0 Å². The summed E-state index contributed by atoms with van der Waals surface area (Å²) in [6.07, 6.45) is 0.894. The molecule has 1 aliphatic rings. The van der Waals surface area contributed by atoms with Gasteiger partial charge in [0.15, 0.2) is 0 Å². The number of nitrogens with one attached hydrogen (secondary N) is 2. The van der Waals surface area contributed by atoms with Crippen LogP contribution in [0.5, 0.6) is 0 Å². The summed E-state index contributed by atoms with van der Waals surface area (Å²) < 4.78 is 19.7. The van der Waals surface area contributed by atoms with E-state index in [0.717, 1.165) is 17.1 Å². The fourth-order valence-corrected chi connectivity index (χ4v) is 2.64.